The van der Waals surface area contributed by atoms with Gasteiger partial charge in [0.2, 0.25) is 0 Å². The highest BCUT2D eigenvalue weighted by Gasteiger charge is 2.23. The number of halogens is 1. The maximum Gasteiger partial charge on any atom is 0.253 e. The number of hydrogen-bond acceptors (Lipinski definition) is 2. The van der Waals surface area contributed by atoms with Crippen LogP contribution in [0.3, 0.4) is 0 Å². The largest absolute Gasteiger partial charge is 0.339 e. The minimum Gasteiger partial charge on any atom is -0.339 e. The molecule has 3 nitrogen and oxygen atoms in total. The first kappa shape index (κ1) is 14.5. The highest BCUT2D eigenvalue weighted by molar-refractivity contribution is 9.10. The van der Waals surface area contributed by atoms with Gasteiger partial charge in [-0.15, -0.1) is 0 Å². The maximum atomic E-state index is 12.4. The Morgan fingerprint density at radius 1 is 1.42 bits per heavy atom. The summed E-state index contributed by atoms with van der Waals surface area (Å²) in [6, 6.07) is 7.64. The van der Waals surface area contributed by atoms with E-state index in [0.717, 1.165) is 49.1 Å². The maximum absolute atomic E-state index is 12.4. The normalized spacial score (nSPS) is 16.6. The smallest absolute Gasteiger partial charge is 0.253 e. The molecule has 0 spiro atoms. The third-order valence-corrected chi connectivity index (χ3v) is 4.15. The number of nitrogens with zero attached hydrogens (tertiary/aromatic N) is 1. The molecule has 0 aliphatic carbocycles. The van der Waals surface area contributed by atoms with Crippen LogP contribution in [-0.2, 0) is 0 Å². The Morgan fingerprint density at radius 3 is 2.79 bits per heavy atom. The number of likely N-dealkylation sites (tertiary alicyclic amines) is 1. The fraction of sp³-hybridized carbons (Fsp3) is 0.533. The number of nitrogens with one attached hydrogen (secondary N) is 1. The molecule has 1 amide bonds. The molecule has 0 bridgehead atoms. The number of carbonyl (C=O) groups is 1. The highest BCUT2D eigenvalue weighted by Crippen LogP contribution is 2.20. The third-order valence-electron chi connectivity index (χ3n) is 3.66. The zero-order valence-corrected chi connectivity index (χ0v) is 12.9. The zero-order chi connectivity index (χ0) is 13.7. The molecule has 0 saturated carbocycles. The number of benzene rings is 1. The minimum atomic E-state index is 0.156. The van der Waals surface area contributed by atoms with Gasteiger partial charge in [-0.25, -0.2) is 0 Å². The molecule has 0 radical (unpaired) electrons. The molecule has 2 rings (SSSR count). The molecule has 1 aromatic rings. The molecule has 0 aromatic heterocycles. The summed E-state index contributed by atoms with van der Waals surface area (Å²) in [5, 5.41) is 3.39. The van der Waals surface area contributed by atoms with E-state index in [0.29, 0.717) is 5.92 Å². The van der Waals surface area contributed by atoms with Crippen LogP contribution in [0.1, 0.15) is 30.1 Å². The van der Waals surface area contributed by atoms with E-state index >= 15 is 0 Å². The molecule has 0 atom stereocenters. The standard InChI is InChI=1S/C15H21BrN2O/c1-2-17-11-12-6-8-18(9-7-12)15(19)13-4-3-5-14(16)10-13/h3-5,10,12,17H,2,6-9,11H2,1H3. The van der Waals surface area contributed by atoms with Gasteiger partial charge in [0, 0.05) is 23.1 Å². The van der Waals surface area contributed by atoms with Gasteiger partial charge in [-0.1, -0.05) is 28.9 Å². The second-order valence-electron chi connectivity index (χ2n) is 5.05. The molecule has 104 valence electrons. The number of amides is 1. The van der Waals surface area contributed by atoms with Gasteiger partial charge in [0.15, 0.2) is 0 Å². The van der Waals surface area contributed by atoms with Crippen LogP contribution in [0.4, 0.5) is 0 Å². The number of carbonyl (C=O) groups excluding carboxylic acids is 1. The molecule has 4 heteroatoms. The van der Waals surface area contributed by atoms with Crippen molar-refractivity contribution in [3.63, 3.8) is 0 Å². The van der Waals surface area contributed by atoms with Crippen molar-refractivity contribution in [2.75, 3.05) is 26.2 Å². The second-order valence-corrected chi connectivity index (χ2v) is 5.97. The first-order valence-corrected chi connectivity index (χ1v) is 7.75. The van der Waals surface area contributed by atoms with Crippen molar-refractivity contribution in [3.05, 3.63) is 34.3 Å². The van der Waals surface area contributed by atoms with Crippen LogP contribution < -0.4 is 5.32 Å². The molecule has 1 aliphatic heterocycles. The van der Waals surface area contributed by atoms with Gasteiger partial charge in [-0.05, 0) is 50.0 Å². The van der Waals surface area contributed by atoms with Crippen LogP contribution in [0.2, 0.25) is 0 Å². The van der Waals surface area contributed by atoms with Gasteiger partial charge in [-0.3, -0.25) is 4.79 Å². The van der Waals surface area contributed by atoms with E-state index in [9.17, 15) is 4.79 Å². The van der Waals surface area contributed by atoms with Crippen LogP contribution in [0, 0.1) is 5.92 Å². The van der Waals surface area contributed by atoms with Crippen molar-refractivity contribution in [1.82, 2.24) is 10.2 Å². The molecule has 19 heavy (non-hydrogen) atoms. The number of piperidine rings is 1. The van der Waals surface area contributed by atoms with Crippen LogP contribution in [-0.4, -0.2) is 37.0 Å². The van der Waals surface area contributed by atoms with E-state index in [1.54, 1.807) is 0 Å². The fourth-order valence-electron chi connectivity index (χ4n) is 2.49. The SMILES string of the molecule is CCNCC1CCN(C(=O)c2cccc(Br)c2)CC1. The summed E-state index contributed by atoms with van der Waals surface area (Å²) < 4.78 is 0.959. The molecule has 0 unspecified atom stereocenters. The minimum absolute atomic E-state index is 0.156. The van der Waals surface area contributed by atoms with Gasteiger partial charge in [0.05, 0.1) is 0 Å². The Hall–Kier alpha value is -0.870. The molecular weight excluding hydrogens is 304 g/mol. The number of rotatable bonds is 4. The van der Waals surface area contributed by atoms with Crippen LogP contribution >= 0.6 is 15.9 Å². The van der Waals surface area contributed by atoms with E-state index in [1.165, 1.54) is 0 Å². The Balaban J connectivity index is 1.89. The molecule has 1 aromatic carbocycles. The summed E-state index contributed by atoms with van der Waals surface area (Å²) in [5.41, 5.74) is 0.777. The van der Waals surface area contributed by atoms with E-state index in [2.05, 4.69) is 28.2 Å². The zero-order valence-electron chi connectivity index (χ0n) is 11.4. The summed E-state index contributed by atoms with van der Waals surface area (Å²) in [6.07, 6.45) is 2.21. The highest BCUT2D eigenvalue weighted by atomic mass is 79.9. The van der Waals surface area contributed by atoms with Gasteiger partial charge in [0.25, 0.3) is 5.91 Å². The van der Waals surface area contributed by atoms with E-state index in [4.69, 9.17) is 0 Å². The lowest BCUT2D eigenvalue weighted by atomic mass is 9.96. The summed E-state index contributed by atoms with van der Waals surface area (Å²) in [4.78, 5) is 14.3. The third kappa shape index (κ3) is 4.05. The summed E-state index contributed by atoms with van der Waals surface area (Å²) in [5.74, 6) is 0.870. The predicted molar refractivity (Wildman–Crippen MR) is 81.3 cm³/mol. The van der Waals surface area contributed by atoms with Gasteiger partial charge in [0.1, 0.15) is 0 Å². The molecular formula is C15H21BrN2O. The lowest BCUT2D eigenvalue weighted by Crippen LogP contribution is -2.40. The summed E-state index contributed by atoms with van der Waals surface area (Å²) in [7, 11) is 0. The van der Waals surface area contributed by atoms with Gasteiger partial charge < -0.3 is 10.2 Å². The number of hydrogen-bond donors (Lipinski definition) is 1. The Morgan fingerprint density at radius 2 is 2.16 bits per heavy atom. The fourth-order valence-corrected chi connectivity index (χ4v) is 2.89. The Kier molecular flexibility index (Phi) is 5.40. The van der Waals surface area contributed by atoms with Crippen molar-refractivity contribution in [2.45, 2.75) is 19.8 Å². The lowest BCUT2D eigenvalue weighted by molar-refractivity contribution is 0.0690. The molecule has 1 N–H and O–H groups in total. The topological polar surface area (TPSA) is 32.3 Å². The average Bonchev–Trinajstić information content (AvgIpc) is 2.45. The van der Waals surface area contributed by atoms with Crippen LogP contribution in [0.5, 0.6) is 0 Å². The first-order chi connectivity index (χ1) is 9.20. The van der Waals surface area contributed by atoms with E-state index in [1.807, 2.05) is 29.2 Å². The van der Waals surface area contributed by atoms with Crippen molar-refractivity contribution >= 4 is 21.8 Å². The van der Waals surface area contributed by atoms with E-state index in [-0.39, 0.29) is 5.91 Å². The van der Waals surface area contributed by atoms with Gasteiger partial charge in [-0.2, -0.15) is 0 Å². The molecule has 1 saturated heterocycles. The van der Waals surface area contributed by atoms with Crippen molar-refractivity contribution in [3.8, 4) is 0 Å². The average molecular weight is 325 g/mol. The summed E-state index contributed by atoms with van der Waals surface area (Å²) in [6.45, 7) is 5.99. The summed E-state index contributed by atoms with van der Waals surface area (Å²) >= 11 is 3.41. The first-order valence-electron chi connectivity index (χ1n) is 6.96. The Labute approximate surface area is 123 Å². The predicted octanol–water partition coefficient (Wildman–Crippen LogP) is 2.91. The molecule has 1 heterocycles. The molecule has 1 aliphatic rings. The lowest BCUT2D eigenvalue weighted by Gasteiger charge is -2.32. The van der Waals surface area contributed by atoms with Crippen LogP contribution in [0.15, 0.2) is 28.7 Å². The van der Waals surface area contributed by atoms with Crippen molar-refractivity contribution < 1.29 is 4.79 Å². The van der Waals surface area contributed by atoms with Crippen molar-refractivity contribution in [1.29, 1.82) is 0 Å². The van der Waals surface area contributed by atoms with Crippen LogP contribution in [0.25, 0.3) is 0 Å². The van der Waals surface area contributed by atoms with E-state index < -0.39 is 0 Å². The van der Waals surface area contributed by atoms with Crippen molar-refractivity contribution in [2.24, 2.45) is 5.92 Å². The second kappa shape index (κ2) is 7.06. The monoisotopic (exact) mass is 324 g/mol. The Bertz CT molecular complexity index is 428. The molecule has 1 fully saturated rings. The quantitative estimate of drug-likeness (QED) is 0.923. The van der Waals surface area contributed by atoms with Gasteiger partial charge >= 0.3 is 0 Å².